The second-order valence-corrected chi connectivity index (χ2v) is 9.11. The molecule has 0 radical (unpaired) electrons. The third-order valence-corrected chi connectivity index (χ3v) is 6.84. The van der Waals surface area contributed by atoms with E-state index in [-0.39, 0.29) is 18.0 Å². The molecule has 2 atom stereocenters. The molecule has 0 bridgehead atoms. The van der Waals surface area contributed by atoms with Crippen LogP contribution >= 0.6 is 0 Å². The van der Waals surface area contributed by atoms with Crippen LogP contribution in [0, 0.1) is 11.6 Å². The minimum absolute atomic E-state index is 0.183. The molecule has 9 heteroatoms. The zero-order valence-electron chi connectivity index (χ0n) is 19.6. The summed E-state index contributed by atoms with van der Waals surface area (Å²) < 4.78 is 34.5. The summed E-state index contributed by atoms with van der Waals surface area (Å²) in [5.74, 6) is -1.27. The van der Waals surface area contributed by atoms with Crippen molar-refractivity contribution in [2.45, 2.75) is 31.2 Å². The van der Waals surface area contributed by atoms with Crippen molar-refractivity contribution in [3.8, 4) is 5.69 Å². The van der Waals surface area contributed by atoms with Crippen LogP contribution in [0.25, 0.3) is 5.69 Å². The number of amides is 2. The summed E-state index contributed by atoms with van der Waals surface area (Å²) in [4.78, 5) is 15.4. The van der Waals surface area contributed by atoms with Crippen molar-refractivity contribution >= 4 is 11.8 Å². The fraction of sp³-hybridized carbons (Fsp3) is 0.385. The number of aromatic nitrogens is 2. The first-order chi connectivity index (χ1) is 17.0. The fourth-order valence-corrected chi connectivity index (χ4v) is 5.10. The van der Waals surface area contributed by atoms with E-state index in [0.717, 1.165) is 42.3 Å². The maximum atomic E-state index is 14.0. The van der Waals surface area contributed by atoms with E-state index < -0.39 is 11.6 Å². The minimum atomic E-state index is -0.886. The Morgan fingerprint density at radius 3 is 2.71 bits per heavy atom. The number of nitrogens with one attached hydrogen (secondary N) is 2. The molecule has 2 heterocycles. The van der Waals surface area contributed by atoms with Crippen molar-refractivity contribution in [1.29, 1.82) is 0 Å². The highest BCUT2D eigenvalue weighted by atomic mass is 19.2. The lowest BCUT2D eigenvalue weighted by Gasteiger charge is -2.21. The topological polar surface area (TPSA) is 71.4 Å². The molecule has 2 aromatic carbocycles. The Morgan fingerprint density at radius 2 is 1.94 bits per heavy atom. The highest BCUT2D eigenvalue weighted by Gasteiger charge is 2.35. The molecule has 184 valence electrons. The molecule has 1 aliphatic heterocycles. The van der Waals surface area contributed by atoms with Crippen LogP contribution in [0.3, 0.4) is 0 Å². The summed E-state index contributed by atoms with van der Waals surface area (Å²) >= 11 is 0. The monoisotopic (exact) mass is 481 g/mol. The van der Waals surface area contributed by atoms with Gasteiger partial charge >= 0.3 is 6.03 Å². The van der Waals surface area contributed by atoms with E-state index in [2.05, 4.69) is 15.5 Å². The second-order valence-electron chi connectivity index (χ2n) is 9.11. The van der Waals surface area contributed by atoms with Crippen molar-refractivity contribution in [1.82, 2.24) is 20.0 Å². The van der Waals surface area contributed by atoms with Crippen LogP contribution in [-0.4, -0.2) is 60.1 Å². The lowest BCUT2D eigenvalue weighted by Crippen LogP contribution is -2.42. The quantitative estimate of drug-likeness (QED) is 0.538. The largest absolute Gasteiger partial charge is 0.383 e. The third kappa shape index (κ3) is 4.92. The number of para-hydroxylation sites is 1. The molecule has 0 saturated carbocycles. The Bertz CT molecular complexity index is 1200. The number of carbonyl (C=O) groups is 1. The lowest BCUT2D eigenvalue weighted by molar-refractivity contribution is 0.159. The molecule has 1 saturated heterocycles. The van der Waals surface area contributed by atoms with E-state index in [9.17, 15) is 13.6 Å². The summed E-state index contributed by atoms with van der Waals surface area (Å²) in [6, 6.07) is 13.0. The molecule has 0 unspecified atom stereocenters. The van der Waals surface area contributed by atoms with Gasteiger partial charge in [0.2, 0.25) is 0 Å². The number of likely N-dealkylation sites (tertiary alicyclic amines) is 1. The number of methoxy groups -OCH3 is 1. The van der Waals surface area contributed by atoms with E-state index >= 15 is 0 Å². The van der Waals surface area contributed by atoms with Gasteiger partial charge in [0.1, 0.15) is 5.82 Å². The molecule has 3 aromatic rings. The van der Waals surface area contributed by atoms with Crippen LogP contribution in [0.15, 0.2) is 48.5 Å². The smallest absolute Gasteiger partial charge is 0.320 e. The zero-order chi connectivity index (χ0) is 24.4. The Labute approximate surface area is 203 Å². The number of halogens is 2. The van der Waals surface area contributed by atoms with Gasteiger partial charge < -0.3 is 10.1 Å². The average Bonchev–Trinajstić information content (AvgIpc) is 3.56. The maximum absolute atomic E-state index is 14.0. The van der Waals surface area contributed by atoms with E-state index in [0.29, 0.717) is 37.6 Å². The Balaban J connectivity index is 1.37. The van der Waals surface area contributed by atoms with E-state index in [1.807, 2.05) is 30.3 Å². The number of hydrogen-bond donors (Lipinski definition) is 2. The molecular weight excluding hydrogens is 452 g/mol. The first kappa shape index (κ1) is 23.4. The van der Waals surface area contributed by atoms with Gasteiger partial charge in [-0.05, 0) is 49.1 Å². The maximum Gasteiger partial charge on any atom is 0.320 e. The number of urea groups is 1. The molecule has 2 aliphatic rings. The normalized spacial score (nSPS) is 19.6. The number of rotatable bonds is 7. The van der Waals surface area contributed by atoms with Crippen molar-refractivity contribution < 1.29 is 18.3 Å². The van der Waals surface area contributed by atoms with Gasteiger partial charge in [-0.3, -0.25) is 10.2 Å². The van der Waals surface area contributed by atoms with Gasteiger partial charge in [0.05, 0.1) is 24.0 Å². The number of nitrogens with zero attached hydrogens (tertiary/aromatic N) is 3. The molecule has 7 nitrogen and oxygen atoms in total. The highest BCUT2D eigenvalue weighted by Crippen LogP contribution is 2.32. The van der Waals surface area contributed by atoms with Gasteiger partial charge in [-0.1, -0.05) is 24.3 Å². The minimum Gasteiger partial charge on any atom is -0.383 e. The van der Waals surface area contributed by atoms with Gasteiger partial charge in [-0.25, -0.2) is 18.3 Å². The number of ether oxygens (including phenoxy) is 1. The van der Waals surface area contributed by atoms with Gasteiger partial charge in [-0.15, -0.1) is 0 Å². The third-order valence-electron chi connectivity index (χ3n) is 6.84. The number of hydrogen-bond acceptors (Lipinski definition) is 4. The predicted octanol–water partition coefficient (Wildman–Crippen LogP) is 3.88. The van der Waals surface area contributed by atoms with Crippen LogP contribution < -0.4 is 10.6 Å². The van der Waals surface area contributed by atoms with Gasteiger partial charge in [0, 0.05) is 38.2 Å². The van der Waals surface area contributed by atoms with Crippen LogP contribution in [0.4, 0.5) is 19.4 Å². The fourth-order valence-electron chi connectivity index (χ4n) is 5.10. The van der Waals surface area contributed by atoms with Crippen molar-refractivity contribution in [2.75, 3.05) is 38.7 Å². The number of aryl methyl sites for hydroxylation is 1. The summed E-state index contributed by atoms with van der Waals surface area (Å²) in [5, 5.41) is 10.9. The van der Waals surface area contributed by atoms with Crippen molar-refractivity contribution in [3.05, 3.63) is 77.0 Å². The van der Waals surface area contributed by atoms with Crippen molar-refractivity contribution in [3.63, 3.8) is 0 Å². The van der Waals surface area contributed by atoms with E-state index in [1.165, 1.54) is 6.07 Å². The first-order valence-corrected chi connectivity index (χ1v) is 11.9. The van der Waals surface area contributed by atoms with Gasteiger partial charge in [0.25, 0.3) is 0 Å². The highest BCUT2D eigenvalue weighted by molar-refractivity contribution is 5.90. The molecule has 2 amide bonds. The first-order valence-electron chi connectivity index (χ1n) is 11.9. The number of fused-ring (bicyclic) bond motifs is 1. The average molecular weight is 482 g/mol. The van der Waals surface area contributed by atoms with Gasteiger partial charge in [0.15, 0.2) is 11.6 Å². The van der Waals surface area contributed by atoms with Crippen LogP contribution in [0.1, 0.15) is 29.2 Å². The molecular formula is C26H29F2N5O2. The Kier molecular flexibility index (Phi) is 6.79. The molecule has 1 fully saturated rings. The van der Waals surface area contributed by atoms with Crippen LogP contribution in [-0.2, 0) is 17.6 Å². The molecule has 1 aliphatic carbocycles. The molecule has 1 aromatic heterocycles. The predicted molar refractivity (Wildman–Crippen MR) is 129 cm³/mol. The summed E-state index contributed by atoms with van der Waals surface area (Å²) in [7, 11) is 1.64. The molecule has 35 heavy (non-hydrogen) atoms. The van der Waals surface area contributed by atoms with Crippen LogP contribution in [0.5, 0.6) is 0 Å². The Hall–Kier alpha value is -3.30. The SMILES string of the molecule is COCCN1C[C@@H](NC(=O)Nc2c3c(nn2-c2ccccc2)CCC3)[C@H](c2ccc(F)c(F)c2)C1. The summed E-state index contributed by atoms with van der Waals surface area (Å²) in [6.45, 7) is 2.42. The van der Waals surface area contributed by atoms with E-state index in [1.54, 1.807) is 17.9 Å². The molecule has 5 rings (SSSR count). The number of anilines is 1. The van der Waals surface area contributed by atoms with Crippen molar-refractivity contribution in [2.24, 2.45) is 0 Å². The number of carbonyl (C=O) groups excluding carboxylic acids is 1. The standard InChI is InChI=1S/C26H29F2N5O2/c1-35-13-12-32-15-20(17-10-11-21(27)22(28)14-17)24(16-32)29-26(34)30-25-19-8-5-9-23(19)31-33(25)18-6-3-2-4-7-18/h2-4,6-7,10-11,14,20,24H,5,8-9,12-13,15-16H2,1H3,(H2,29,30,34)/t20-,24+/m0/s1. The van der Waals surface area contributed by atoms with Crippen LogP contribution in [0.2, 0.25) is 0 Å². The lowest BCUT2D eigenvalue weighted by atomic mass is 9.94. The van der Waals surface area contributed by atoms with Gasteiger partial charge in [-0.2, -0.15) is 5.10 Å². The summed E-state index contributed by atoms with van der Waals surface area (Å²) in [6.07, 6.45) is 2.77. The molecule has 0 spiro atoms. The second kappa shape index (κ2) is 10.1. The molecule has 2 N–H and O–H groups in total. The Morgan fingerprint density at radius 1 is 1.11 bits per heavy atom. The van der Waals surface area contributed by atoms with E-state index in [4.69, 9.17) is 9.84 Å². The number of benzene rings is 2. The summed E-state index contributed by atoms with van der Waals surface area (Å²) in [5.41, 5.74) is 3.61. The zero-order valence-corrected chi connectivity index (χ0v) is 19.6.